The van der Waals surface area contributed by atoms with Crippen LogP contribution < -0.4 is 15.1 Å². The van der Waals surface area contributed by atoms with Gasteiger partial charge in [0.25, 0.3) is 0 Å². The maximum atomic E-state index is 12.8. The Kier molecular flexibility index (Phi) is 5.62. The lowest BCUT2D eigenvalue weighted by Gasteiger charge is -2.41. The summed E-state index contributed by atoms with van der Waals surface area (Å²) in [6.07, 6.45) is -4.23. The molecular weight excluding hydrogens is 423 g/mol. The van der Waals surface area contributed by atoms with Gasteiger partial charge in [0, 0.05) is 36.4 Å². The van der Waals surface area contributed by atoms with Crippen molar-refractivity contribution in [3.05, 3.63) is 53.1 Å². The molecule has 0 radical (unpaired) electrons. The second-order valence-corrected chi connectivity index (χ2v) is 8.25. The molecule has 0 unspecified atom stereocenters. The number of aliphatic hydroxyl groups is 1. The van der Waals surface area contributed by atoms with Gasteiger partial charge in [-0.15, -0.1) is 0 Å². The highest BCUT2D eigenvalue weighted by molar-refractivity contribution is 5.99. The molecule has 0 bridgehead atoms. The van der Waals surface area contributed by atoms with E-state index in [4.69, 9.17) is 0 Å². The van der Waals surface area contributed by atoms with Gasteiger partial charge in [-0.25, -0.2) is 0 Å². The molecule has 2 atom stereocenters. The number of fused-ring (bicyclic) bond motifs is 5. The number of aliphatic hydroxyl groups excluding tert-OH is 1. The van der Waals surface area contributed by atoms with Gasteiger partial charge in [0.2, 0.25) is 0 Å². The molecule has 9 heteroatoms. The molecule has 32 heavy (non-hydrogen) atoms. The zero-order valence-corrected chi connectivity index (χ0v) is 17.7. The maximum absolute atomic E-state index is 12.8. The monoisotopic (exact) mass is 447 g/mol. The Morgan fingerprint density at radius 3 is 2.59 bits per heavy atom. The van der Waals surface area contributed by atoms with Gasteiger partial charge in [-0.3, -0.25) is 9.59 Å². The van der Waals surface area contributed by atoms with E-state index in [2.05, 4.69) is 10.2 Å². The van der Waals surface area contributed by atoms with E-state index < -0.39 is 24.7 Å². The average Bonchev–Trinajstić information content (AvgIpc) is 2.86. The van der Waals surface area contributed by atoms with Gasteiger partial charge in [-0.1, -0.05) is 12.1 Å². The number of nitrogens with zero attached hydrogens (tertiary/aromatic N) is 2. The summed E-state index contributed by atoms with van der Waals surface area (Å²) in [6, 6.07) is 10.2. The van der Waals surface area contributed by atoms with Crippen molar-refractivity contribution < 1.29 is 27.9 Å². The van der Waals surface area contributed by atoms with Crippen LogP contribution in [0.1, 0.15) is 40.4 Å². The molecule has 0 saturated carbocycles. The van der Waals surface area contributed by atoms with Crippen LogP contribution in [-0.4, -0.2) is 49.2 Å². The lowest BCUT2D eigenvalue weighted by Crippen LogP contribution is -2.49. The Balaban J connectivity index is 1.79. The number of ketones is 1. The first-order valence-corrected chi connectivity index (χ1v) is 10.4. The van der Waals surface area contributed by atoms with Crippen LogP contribution in [0, 0.1) is 6.92 Å². The molecule has 1 saturated heterocycles. The lowest BCUT2D eigenvalue weighted by atomic mass is 9.88. The second-order valence-electron chi connectivity index (χ2n) is 8.25. The third kappa shape index (κ3) is 3.81. The zero-order valence-electron chi connectivity index (χ0n) is 17.7. The largest absolute Gasteiger partial charge is 0.471 e. The summed E-state index contributed by atoms with van der Waals surface area (Å²) in [4.78, 5) is 27.7. The normalized spacial score (nSPS) is 20.1. The molecule has 2 aliphatic rings. The Morgan fingerprint density at radius 2 is 1.91 bits per heavy atom. The quantitative estimate of drug-likeness (QED) is 0.703. The van der Waals surface area contributed by atoms with Crippen molar-refractivity contribution >= 4 is 28.8 Å². The van der Waals surface area contributed by atoms with Crippen molar-refractivity contribution in [2.24, 2.45) is 0 Å². The van der Waals surface area contributed by atoms with Crippen LogP contribution >= 0.6 is 0 Å². The molecule has 170 valence electrons. The van der Waals surface area contributed by atoms with Gasteiger partial charge >= 0.3 is 12.1 Å². The van der Waals surface area contributed by atoms with Crippen molar-refractivity contribution in [2.75, 3.05) is 30.0 Å². The zero-order chi connectivity index (χ0) is 23.2. The van der Waals surface area contributed by atoms with E-state index in [0.29, 0.717) is 24.9 Å². The maximum Gasteiger partial charge on any atom is 0.471 e. The number of carbonyl (C=O) groups excluding carboxylic acids is 2. The first-order valence-electron chi connectivity index (χ1n) is 10.4. The van der Waals surface area contributed by atoms with Gasteiger partial charge in [0.1, 0.15) is 6.61 Å². The standard InChI is InChI=1S/C23H24F3N3O3/c1-13-4-3-5-17-21(13)19-11-15(27-22(32)23(24,25)26)8-9-29(19)16-7-6-14(20(31)12-30)10-18(16)28(17)2/h3-7,10,15,19,30H,8-9,11-12H2,1-2H3,(H,27,32)/t15-,19-/m1/s1. The predicted octanol–water partition coefficient (Wildman–Crippen LogP) is 3.64. The average molecular weight is 447 g/mol. The number of Topliss-reactive ketones (excluding diaryl/α,β-unsaturated/α-hetero) is 1. The second kappa shape index (κ2) is 8.12. The van der Waals surface area contributed by atoms with E-state index in [-0.39, 0.29) is 11.8 Å². The molecule has 0 aliphatic carbocycles. The summed E-state index contributed by atoms with van der Waals surface area (Å²) in [6.45, 7) is 1.81. The molecule has 1 fully saturated rings. The molecule has 0 spiro atoms. The number of nitrogens with one attached hydrogen (secondary N) is 1. The number of alkyl halides is 3. The Labute approximate surface area is 183 Å². The molecule has 2 aromatic carbocycles. The lowest BCUT2D eigenvalue weighted by molar-refractivity contribution is -0.174. The van der Waals surface area contributed by atoms with Crippen LogP contribution in [0.3, 0.4) is 0 Å². The van der Waals surface area contributed by atoms with Gasteiger partial charge in [0.05, 0.1) is 17.4 Å². The molecule has 2 N–H and O–H groups in total. The van der Waals surface area contributed by atoms with Crippen LogP contribution in [-0.2, 0) is 4.79 Å². The third-order valence-corrected chi connectivity index (χ3v) is 6.30. The summed E-state index contributed by atoms with van der Waals surface area (Å²) >= 11 is 0. The van der Waals surface area contributed by atoms with Crippen molar-refractivity contribution in [3.8, 4) is 0 Å². The highest BCUT2D eigenvalue weighted by atomic mass is 19.4. The number of benzene rings is 2. The van der Waals surface area contributed by atoms with E-state index in [1.165, 1.54) is 0 Å². The first kappa shape index (κ1) is 22.1. The fraction of sp³-hybridized carbons (Fsp3) is 0.391. The summed E-state index contributed by atoms with van der Waals surface area (Å²) in [5, 5.41) is 11.4. The first-order chi connectivity index (χ1) is 15.1. The fourth-order valence-electron chi connectivity index (χ4n) is 4.75. The molecule has 1 amide bonds. The van der Waals surface area contributed by atoms with Crippen LogP contribution in [0.5, 0.6) is 0 Å². The number of rotatable bonds is 3. The summed E-state index contributed by atoms with van der Waals surface area (Å²) in [7, 11) is 1.88. The number of carbonyl (C=O) groups is 2. The highest BCUT2D eigenvalue weighted by Crippen LogP contribution is 2.49. The van der Waals surface area contributed by atoms with Crippen LogP contribution in [0.15, 0.2) is 36.4 Å². The van der Waals surface area contributed by atoms with Crippen molar-refractivity contribution in [3.63, 3.8) is 0 Å². The van der Waals surface area contributed by atoms with Gasteiger partial charge in [-0.05, 0) is 49.6 Å². The number of piperidine rings is 1. The Morgan fingerprint density at radius 1 is 1.16 bits per heavy atom. The van der Waals surface area contributed by atoms with Crippen molar-refractivity contribution in [1.29, 1.82) is 0 Å². The molecule has 2 aromatic rings. The summed E-state index contributed by atoms with van der Waals surface area (Å²) < 4.78 is 38.4. The fourth-order valence-corrected chi connectivity index (χ4v) is 4.75. The number of hydrogen-bond donors (Lipinski definition) is 2. The minimum absolute atomic E-state index is 0.249. The number of aryl methyl sites for hydroxylation is 1. The Bertz CT molecular complexity index is 1070. The van der Waals surface area contributed by atoms with Crippen molar-refractivity contribution in [2.45, 2.75) is 38.0 Å². The van der Waals surface area contributed by atoms with Crippen molar-refractivity contribution in [1.82, 2.24) is 5.32 Å². The Hall–Kier alpha value is -3.07. The van der Waals surface area contributed by atoms with Crippen LogP contribution in [0.4, 0.5) is 30.2 Å². The van der Waals surface area contributed by atoms with Crippen LogP contribution in [0.25, 0.3) is 0 Å². The van der Waals surface area contributed by atoms with E-state index in [1.807, 2.05) is 43.1 Å². The molecule has 2 aliphatic heterocycles. The minimum Gasteiger partial charge on any atom is -0.388 e. The molecule has 0 aromatic heterocycles. The summed E-state index contributed by atoms with van der Waals surface area (Å²) in [5.41, 5.74) is 4.87. The number of anilines is 3. The summed E-state index contributed by atoms with van der Waals surface area (Å²) in [5.74, 6) is -2.31. The SMILES string of the molecule is Cc1cccc2c1[C@H]1C[C@H](NC(=O)C(F)(F)F)CCN1c1ccc(C(=O)CO)cc1N2C. The van der Waals surface area contributed by atoms with E-state index in [9.17, 15) is 27.9 Å². The van der Waals surface area contributed by atoms with Crippen LogP contribution in [0.2, 0.25) is 0 Å². The molecule has 4 rings (SSSR count). The minimum atomic E-state index is -4.92. The number of halogens is 3. The molecule has 6 nitrogen and oxygen atoms in total. The van der Waals surface area contributed by atoms with E-state index in [1.54, 1.807) is 12.1 Å². The van der Waals surface area contributed by atoms with Gasteiger partial charge < -0.3 is 20.2 Å². The third-order valence-electron chi connectivity index (χ3n) is 6.30. The molecular formula is C23H24F3N3O3. The topological polar surface area (TPSA) is 72.9 Å². The van der Waals surface area contributed by atoms with Gasteiger partial charge in [-0.2, -0.15) is 13.2 Å². The molecule has 2 heterocycles. The predicted molar refractivity (Wildman–Crippen MR) is 114 cm³/mol. The van der Waals surface area contributed by atoms with E-state index in [0.717, 1.165) is 28.2 Å². The smallest absolute Gasteiger partial charge is 0.388 e. The van der Waals surface area contributed by atoms with E-state index >= 15 is 0 Å². The van der Waals surface area contributed by atoms with Gasteiger partial charge in [0.15, 0.2) is 5.78 Å². The number of amides is 1. The highest BCUT2D eigenvalue weighted by Gasteiger charge is 2.42. The number of hydrogen-bond acceptors (Lipinski definition) is 5.